The van der Waals surface area contributed by atoms with E-state index in [0.29, 0.717) is 15.6 Å². The van der Waals surface area contributed by atoms with Crippen molar-refractivity contribution in [1.82, 2.24) is 15.2 Å². The number of pyridine rings is 1. The van der Waals surface area contributed by atoms with Crippen LogP contribution in [0.2, 0.25) is 0 Å². The van der Waals surface area contributed by atoms with E-state index < -0.39 is 5.97 Å². The molecule has 0 aliphatic rings. The van der Waals surface area contributed by atoms with Crippen molar-refractivity contribution in [3.63, 3.8) is 0 Å². The van der Waals surface area contributed by atoms with Gasteiger partial charge in [-0.3, -0.25) is 5.10 Å². The molecular weight excluding hydrogens is 238 g/mol. The van der Waals surface area contributed by atoms with Gasteiger partial charge >= 0.3 is 5.97 Å². The first-order valence-corrected chi connectivity index (χ1v) is 4.21. The molecule has 2 aromatic heterocycles. The number of nitrogens with zero attached hydrogens (tertiary/aromatic N) is 2. The third-order valence-corrected chi connectivity index (χ3v) is 2.02. The van der Waals surface area contributed by atoms with E-state index in [1.807, 2.05) is 0 Å². The highest BCUT2D eigenvalue weighted by Gasteiger charge is 2.13. The van der Waals surface area contributed by atoms with Gasteiger partial charge in [0.15, 0.2) is 5.69 Å². The molecule has 0 amide bonds. The first kappa shape index (κ1) is 8.18. The lowest BCUT2D eigenvalue weighted by molar-refractivity contribution is 0.0692. The predicted molar refractivity (Wildman–Crippen MR) is 48.5 cm³/mol. The Bertz CT molecular complexity index is 480. The van der Waals surface area contributed by atoms with Crippen LogP contribution in [0.1, 0.15) is 10.5 Å². The quantitative estimate of drug-likeness (QED) is 0.741. The van der Waals surface area contributed by atoms with Crippen LogP contribution in [0.25, 0.3) is 11.0 Å². The van der Waals surface area contributed by atoms with Gasteiger partial charge in [-0.2, -0.15) is 5.10 Å². The van der Waals surface area contributed by atoms with Gasteiger partial charge < -0.3 is 5.11 Å². The van der Waals surface area contributed by atoms with Gasteiger partial charge in [-0.1, -0.05) is 0 Å². The first-order valence-electron chi connectivity index (χ1n) is 3.42. The molecule has 0 aliphatic carbocycles. The number of aromatic nitrogens is 3. The van der Waals surface area contributed by atoms with Crippen LogP contribution in [0.3, 0.4) is 0 Å². The molecule has 0 aromatic carbocycles. The number of nitrogens with one attached hydrogen (secondary N) is 1. The van der Waals surface area contributed by atoms with Crippen LogP contribution < -0.4 is 0 Å². The van der Waals surface area contributed by atoms with E-state index in [-0.39, 0.29) is 5.69 Å². The molecule has 0 fully saturated rings. The molecule has 13 heavy (non-hydrogen) atoms. The Morgan fingerprint density at radius 2 is 2.31 bits per heavy atom. The molecule has 2 rings (SSSR count). The second-order valence-corrected chi connectivity index (χ2v) is 3.22. The Morgan fingerprint density at radius 3 is 3.00 bits per heavy atom. The number of hydrogen-bond donors (Lipinski definition) is 2. The summed E-state index contributed by atoms with van der Waals surface area (Å²) in [5.41, 5.74) is 0.916. The van der Waals surface area contributed by atoms with Gasteiger partial charge in [0.05, 0.1) is 5.52 Å². The molecule has 0 saturated carbocycles. The highest BCUT2D eigenvalue weighted by Crippen LogP contribution is 2.16. The fraction of sp³-hybridized carbons (Fsp3) is 0. The zero-order valence-corrected chi connectivity index (χ0v) is 7.87. The molecule has 0 aliphatic heterocycles. The van der Waals surface area contributed by atoms with Crippen molar-refractivity contribution in [3.8, 4) is 0 Å². The normalized spacial score (nSPS) is 10.5. The molecule has 0 atom stereocenters. The SMILES string of the molecule is O=C(O)c1n[nH]c2ccc(Br)nc12. The number of H-pyrrole nitrogens is 1. The Kier molecular flexibility index (Phi) is 1.77. The topological polar surface area (TPSA) is 78.9 Å². The maximum absolute atomic E-state index is 10.6. The van der Waals surface area contributed by atoms with E-state index in [1.165, 1.54) is 0 Å². The van der Waals surface area contributed by atoms with E-state index in [0.717, 1.165) is 0 Å². The molecule has 0 unspecified atom stereocenters. The summed E-state index contributed by atoms with van der Waals surface area (Å²) in [5.74, 6) is -1.09. The highest BCUT2D eigenvalue weighted by atomic mass is 79.9. The second-order valence-electron chi connectivity index (χ2n) is 2.41. The lowest BCUT2D eigenvalue weighted by Gasteiger charge is -1.90. The number of aromatic amines is 1. The molecule has 5 nitrogen and oxygen atoms in total. The standard InChI is InChI=1S/C7H4BrN3O2/c8-4-2-1-3-5(9-4)6(7(12)13)11-10-3/h1-2H,(H,10,11)(H,12,13). The number of carbonyl (C=O) groups is 1. The van der Waals surface area contributed by atoms with E-state index in [9.17, 15) is 4.79 Å². The maximum Gasteiger partial charge on any atom is 0.358 e. The molecule has 2 aromatic rings. The fourth-order valence-corrected chi connectivity index (χ4v) is 1.33. The van der Waals surface area contributed by atoms with E-state index in [1.54, 1.807) is 12.1 Å². The molecule has 6 heteroatoms. The number of rotatable bonds is 1. The average Bonchev–Trinajstić information content (AvgIpc) is 2.46. The van der Waals surface area contributed by atoms with E-state index in [4.69, 9.17) is 5.11 Å². The number of fused-ring (bicyclic) bond motifs is 1. The number of halogens is 1. The van der Waals surface area contributed by atoms with E-state index >= 15 is 0 Å². The zero-order chi connectivity index (χ0) is 9.42. The largest absolute Gasteiger partial charge is 0.476 e. The third-order valence-electron chi connectivity index (χ3n) is 1.58. The smallest absolute Gasteiger partial charge is 0.358 e. The Morgan fingerprint density at radius 1 is 1.54 bits per heavy atom. The molecule has 2 N–H and O–H groups in total. The maximum atomic E-state index is 10.6. The molecule has 0 bridgehead atoms. The molecule has 0 radical (unpaired) electrons. The third kappa shape index (κ3) is 1.29. The molecular formula is C7H4BrN3O2. The average molecular weight is 242 g/mol. The Hall–Kier alpha value is -1.43. The summed E-state index contributed by atoms with van der Waals surface area (Å²) in [4.78, 5) is 14.6. The minimum atomic E-state index is -1.09. The van der Waals surface area contributed by atoms with Crippen molar-refractivity contribution in [2.45, 2.75) is 0 Å². The lowest BCUT2D eigenvalue weighted by atomic mass is 10.3. The van der Waals surface area contributed by atoms with Gasteiger partial charge in [0.2, 0.25) is 0 Å². The highest BCUT2D eigenvalue weighted by molar-refractivity contribution is 9.10. The lowest BCUT2D eigenvalue weighted by Crippen LogP contribution is -1.97. The van der Waals surface area contributed by atoms with Crippen molar-refractivity contribution in [3.05, 3.63) is 22.4 Å². The van der Waals surface area contributed by atoms with Gasteiger partial charge in [-0.05, 0) is 28.1 Å². The Balaban J connectivity index is 2.79. The second kappa shape index (κ2) is 2.81. The summed E-state index contributed by atoms with van der Waals surface area (Å²) in [5, 5.41) is 14.9. The molecule has 0 spiro atoms. The minimum Gasteiger partial charge on any atom is -0.476 e. The van der Waals surface area contributed by atoms with Crippen molar-refractivity contribution in [2.24, 2.45) is 0 Å². The zero-order valence-electron chi connectivity index (χ0n) is 6.28. The van der Waals surface area contributed by atoms with Gasteiger partial charge in [-0.25, -0.2) is 9.78 Å². The van der Waals surface area contributed by atoms with Crippen LogP contribution in [0, 0.1) is 0 Å². The monoisotopic (exact) mass is 241 g/mol. The number of carboxylic acids is 1. The van der Waals surface area contributed by atoms with Crippen molar-refractivity contribution in [1.29, 1.82) is 0 Å². The summed E-state index contributed by atoms with van der Waals surface area (Å²) >= 11 is 3.15. The van der Waals surface area contributed by atoms with Gasteiger partial charge in [0, 0.05) is 0 Å². The van der Waals surface area contributed by atoms with Crippen LogP contribution in [0.5, 0.6) is 0 Å². The van der Waals surface area contributed by atoms with Crippen molar-refractivity contribution < 1.29 is 9.90 Å². The van der Waals surface area contributed by atoms with Gasteiger partial charge in [0.25, 0.3) is 0 Å². The van der Waals surface area contributed by atoms with Crippen LogP contribution in [0.4, 0.5) is 0 Å². The summed E-state index contributed by atoms with van der Waals surface area (Å²) < 4.78 is 0.587. The molecule has 0 saturated heterocycles. The van der Waals surface area contributed by atoms with Crippen LogP contribution >= 0.6 is 15.9 Å². The summed E-state index contributed by atoms with van der Waals surface area (Å²) in [6.07, 6.45) is 0. The van der Waals surface area contributed by atoms with E-state index in [2.05, 4.69) is 31.1 Å². The van der Waals surface area contributed by atoms with Crippen LogP contribution in [-0.2, 0) is 0 Å². The number of aromatic carboxylic acids is 1. The summed E-state index contributed by atoms with van der Waals surface area (Å²) in [6.45, 7) is 0. The molecule has 2 heterocycles. The summed E-state index contributed by atoms with van der Waals surface area (Å²) in [7, 11) is 0. The fourth-order valence-electron chi connectivity index (χ4n) is 1.02. The summed E-state index contributed by atoms with van der Waals surface area (Å²) in [6, 6.07) is 3.43. The first-order chi connectivity index (χ1) is 6.18. The predicted octanol–water partition coefficient (Wildman–Crippen LogP) is 1.42. The van der Waals surface area contributed by atoms with Crippen LogP contribution in [0.15, 0.2) is 16.7 Å². The number of hydrogen-bond acceptors (Lipinski definition) is 3. The molecule has 66 valence electrons. The van der Waals surface area contributed by atoms with Crippen molar-refractivity contribution >= 4 is 32.9 Å². The van der Waals surface area contributed by atoms with Crippen molar-refractivity contribution in [2.75, 3.05) is 0 Å². The van der Waals surface area contributed by atoms with Gasteiger partial charge in [-0.15, -0.1) is 0 Å². The Labute approximate surface area is 80.9 Å². The van der Waals surface area contributed by atoms with Crippen LogP contribution in [-0.4, -0.2) is 26.3 Å². The number of carboxylic acid groups (broad SMARTS) is 1. The van der Waals surface area contributed by atoms with Gasteiger partial charge in [0.1, 0.15) is 10.1 Å². The minimum absolute atomic E-state index is 0.0590.